The van der Waals surface area contributed by atoms with Crippen LogP contribution in [0.15, 0.2) is 46.9 Å². The zero-order chi connectivity index (χ0) is 15.7. The van der Waals surface area contributed by atoms with E-state index in [0.29, 0.717) is 27.1 Å². The van der Waals surface area contributed by atoms with Crippen molar-refractivity contribution in [1.82, 2.24) is 10.3 Å². The Hall–Kier alpha value is -2.04. The molecule has 3 rings (SSSR count). The summed E-state index contributed by atoms with van der Waals surface area (Å²) in [7, 11) is 0. The number of fused-ring (bicyclic) bond motifs is 1. The molecule has 1 heterocycles. The highest BCUT2D eigenvalue weighted by Gasteiger charge is 2.17. The highest BCUT2D eigenvalue weighted by molar-refractivity contribution is 6.42. The molecule has 0 saturated heterocycles. The van der Waals surface area contributed by atoms with Crippen LogP contribution >= 0.6 is 23.2 Å². The van der Waals surface area contributed by atoms with E-state index < -0.39 is 0 Å². The van der Waals surface area contributed by atoms with Crippen LogP contribution in [0.4, 0.5) is 0 Å². The Kier molecular flexibility index (Phi) is 4.05. The smallest absolute Gasteiger partial charge is 0.251 e. The number of benzene rings is 2. The lowest BCUT2D eigenvalue weighted by molar-refractivity contribution is 0.0934. The molecule has 1 aromatic heterocycles. The van der Waals surface area contributed by atoms with Crippen molar-refractivity contribution < 1.29 is 9.21 Å². The van der Waals surface area contributed by atoms with Crippen LogP contribution in [0.3, 0.4) is 0 Å². The first-order valence-corrected chi connectivity index (χ1v) is 7.41. The van der Waals surface area contributed by atoms with Crippen LogP contribution in [0.25, 0.3) is 11.1 Å². The minimum Gasteiger partial charge on any atom is -0.438 e. The summed E-state index contributed by atoms with van der Waals surface area (Å²) in [5, 5.41) is 3.57. The summed E-state index contributed by atoms with van der Waals surface area (Å²) in [6, 6.07) is 11.8. The van der Waals surface area contributed by atoms with E-state index >= 15 is 0 Å². The number of oxazole rings is 1. The standard InChI is InChI=1S/C16H12Cl2N2O2/c1-9(16-20-13-4-2-3-5-14(13)22-16)19-15(21)10-6-7-11(17)12(18)8-10/h2-9H,1H3,(H,19,21). The molecule has 22 heavy (non-hydrogen) atoms. The third kappa shape index (κ3) is 2.93. The van der Waals surface area contributed by atoms with Crippen molar-refractivity contribution in [2.75, 3.05) is 0 Å². The Labute approximate surface area is 137 Å². The Bertz CT molecular complexity index is 812. The third-order valence-electron chi connectivity index (χ3n) is 3.21. The molecule has 1 N–H and O–H groups in total. The maximum atomic E-state index is 12.2. The average Bonchev–Trinajstić information content (AvgIpc) is 2.94. The summed E-state index contributed by atoms with van der Waals surface area (Å²) in [5.41, 5.74) is 1.87. The molecular formula is C16H12Cl2N2O2. The summed E-state index contributed by atoms with van der Waals surface area (Å²) in [6.07, 6.45) is 0. The molecule has 0 saturated carbocycles. The minimum absolute atomic E-state index is 0.270. The van der Waals surface area contributed by atoms with E-state index in [4.69, 9.17) is 27.6 Å². The number of nitrogens with one attached hydrogen (secondary N) is 1. The molecule has 0 spiro atoms. The maximum Gasteiger partial charge on any atom is 0.251 e. The van der Waals surface area contributed by atoms with E-state index in [2.05, 4.69) is 10.3 Å². The Morgan fingerprint density at radius 3 is 2.68 bits per heavy atom. The number of carbonyl (C=O) groups excluding carboxylic acids is 1. The van der Waals surface area contributed by atoms with Crippen LogP contribution in [0, 0.1) is 0 Å². The van der Waals surface area contributed by atoms with Gasteiger partial charge in [0.05, 0.1) is 10.0 Å². The van der Waals surface area contributed by atoms with Gasteiger partial charge in [-0.1, -0.05) is 35.3 Å². The first-order valence-electron chi connectivity index (χ1n) is 6.66. The summed E-state index contributed by atoms with van der Waals surface area (Å²) >= 11 is 11.8. The highest BCUT2D eigenvalue weighted by atomic mass is 35.5. The Morgan fingerprint density at radius 1 is 1.18 bits per heavy atom. The summed E-state index contributed by atoms with van der Waals surface area (Å²) < 4.78 is 5.64. The number of carbonyl (C=O) groups is 1. The minimum atomic E-state index is -0.366. The normalized spacial score (nSPS) is 12.3. The van der Waals surface area contributed by atoms with Crippen LogP contribution < -0.4 is 5.32 Å². The zero-order valence-electron chi connectivity index (χ0n) is 11.6. The molecule has 1 amide bonds. The van der Waals surface area contributed by atoms with Crippen molar-refractivity contribution >= 4 is 40.2 Å². The molecule has 3 aromatic rings. The van der Waals surface area contributed by atoms with Gasteiger partial charge in [-0.25, -0.2) is 4.98 Å². The molecular weight excluding hydrogens is 323 g/mol. The second kappa shape index (κ2) is 5.99. The van der Waals surface area contributed by atoms with Crippen molar-refractivity contribution in [2.45, 2.75) is 13.0 Å². The monoisotopic (exact) mass is 334 g/mol. The number of hydrogen-bond acceptors (Lipinski definition) is 3. The fourth-order valence-electron chi connectivity index (χ4n) is 2.05. The van der Waals surface area contributed by atoms with E-state index in [1.807, 2.05) is 24.3 Å². The number of rotatable bonds is 3. The van der Waals surface area contributed by atoms with Crippen LogP contribution in [0.2, 0.25) is 10.0 Å². The number of aromatic nitrogens is 1. The molecule has 4 nitrogen and oxygen atoms in total. The lowest BCUT2D eigenvalue weighted by atomic mass is 10.2. The number of para-hydroxylation sites is 2. The van der Waals surface area contributed by atoms with Gasteiger partial charge >= 0.3 is 0 Å². The number of amides is 1. The predicted octanol–water partition coefficient (Wildman–Crippen LogP) is 4.63. The van der Waals surface area contributed by atoms with Crippen molar-refractivity contribution in [2.24, 2.45) is 0 Å². The topological polar surface area (TPSA) is 55.1 Å². The molecule has 1 atom stereocenters. The molecule has 1 unspecified atom stereocenters. The highest BCUT2D eigenvalue weighted by Crippen LogP contribution is 2.23. The zero-order valence-corrected chi connectivity index (χ0v) is 13.2. The van der Waals surface area contributed by atoms with Crippen molar-refractivity contribution in [3.8, 4) is 0 Å². The molecule has 0 radical (unpaired) electrons. The van der Waals surface area contributed by atoms with Crippen LogP contribution in [-0.4, -0.2) is 10.9 Å². The van der Waals surface area contributed by atoms with Gasteiger partial charge in [0, 0.05) is 5.56 Å². The van der Waals surface area contributed by atoms with Crippen LogP contribution in [0.5, 0.6) is 0 Å². The van der Waals surface area contributed by atoms with E-state index in [1.165, 1.54) is 6.07 Å². The van der Waals surface area contributed by atoms with Gasteiger partial charge in [-0.05, 0) is 37.3 Å². The lowest BCUT2D eigenvalue weighted by Crippen LogP contribution is -2.26. The number of hydrogen-bond donors (Lipinski definition) is 1. The molecule has 0 fully saturated rings. The molecule has 2 aromatic carbocycles. The molecule has 6 heteroatoms. The first-order chi connectivity index (χ1) is 10.5. The van der Waals surface area contributed by atoms with E-state index in [-0.39, 0.29) is 11.9 Å². The third-order valence-corrected chi connectivity index (χ3v) is 3.95. The first kappa shape index (κ1) is 14.9. The Balaban J connectivity index is 1.79. The van der Waals surface area contributed by atoms with Gasteiger partial charge in [-0.15, -0.1) is 0 Å². The van der Waals surface area contributed by atoms with Crippen LogP contribution in [-0.2, 0) is 0 Å². The van der Waals surface area contributed by atoms with Gasteiger partial charge in [0.15, 0.2) is 5.58 Å². The van der Waals surface area contributed by atoms with E-state index in [0.717, 1.165) is 5.52 Å². The average molecular weight is 335 g/mol. The van der Waals surface area contributed by atoms with E-state index in [1.54, 1.807) is 19.1 Å². The molecule has 0 aliphatic carbocycles. The summed E-state index contributed by atoms with van der Waals surface area (Å²) in [6.45, 7) is 1.81. The second-order valence-electron chi connectivity index (χ2n) is 4.84. The quantitative estimate of drug-likeness (QED) is 0.759. The molecule has 0 bridgehead atoms. The van der Waals surface area contributed by atoms with Gasteiger partial charge < -0.3 is 9.73 Å². The summed E-state index contributed by atoms with van der Waals surface area (Å²) in [4.78, 5) is 16.6. The fraction of sp³-hybridized carbons (Fsp3) is 0.125. The van der Waals surface area contributed by atoms with Crippen molar-refractivity contribution in [3.63, 3.8) is 0 Å². The second-order valence-corrected chi connectivity index (χ2v) is 5.66. The van der Waals surface area contributed by atoms with Gasteiger partial charge in [-0.3, -0.25) is 4.79 Å². The predicted molar refractivity (Wildman–Crippen MR) is 86.4 cm³/mol. The van der Waals surface area contributed by atoms with Crippen LogP contribution in [0.1, 0.15) is 29.2 Å². The Morgan fingerprint density at radius 2 is 1.95 bits per heavy atom. The number of halogens is 2. The largest absolute Gasteiger partial charge is 0.438 e. The SMILES string of the molecule is CC(NC(=O)c1ccc(Cl)c(Cl)c1)c1nc2ccccc2o1. The lowest BCUT2D eigenvalue weighted by Gasteiger charge is -2.10. The fourth-order valence-corrected chi connectivity index (χ4v) is 2.35. The summed E-state index contributed by atoms with van der Waals surface area (Å²) in [5.74, 6) is 0.183. The van der Waals surface area contributed by atoms with Crippen molar-refractivity contribution in [3.05, 3.63) is 64.0 Å². The van der Waals surface area contributed by atoms with Gasteiger partial charge in [0.2, 0.25) is 5.89 Å². The van der Waals surface area contributed by atoms with E-state index in [9.17, 15) is 4.79 Å². The molecule has 0 aliphatic heterocycles. The number of nitrogens with zero attached hydrogens (tertiary/aromatic N) is 1. The maximum absolute atomic E-state index is 12.2. The van der Waals surface area contributed by atoms with Gasteiger partial charge in [-0.2, -0.15) is 0 Å². The molecule has 0 aliphatic rings. The van der Waals surface area contributed by atoms with Crippen molar-refractivity contribution in [1.29, 1.82) is 0 Å². The van der Waals surface area contributed by atoms with Gasteiger partial charge in [0.25, 0.3) is 5.91 Å². The van der Waals surface area contributed by atoms with Gasteiger partial charge in [0.1, 0.15) is 11.6 Å². The molecule has 112 valence electrons.